The number of hydrogen-bond donors (Lipinski definition) is 1. The fourth-order valence-corrected chi connectivity index (χ4v) is 4.82. The van der Waals surface area contributed by atoms with Crippen LogP contribution in [0.4, 0.5) is 5.69 Å². The maximum Gasteiger partial charge on any atom is 0.219 e. The highest BCUT2D eigenvalue weighted by Gasteiger charge is 2.26. The summed E-state index contributed by atoms with van der Waals surface area (Å²) in [5, 5.41) is 13.0. The molecule has 2 aromatic rings. The largest absolute Gasteiger partial charge is 0.349 e. The van der Waals surface area contributed by atoms with Crippen molar-refractivity contribution in [1.29, 1.82) is 5.26 Å². The van der Waals surface area contributed by atoms with Crippen LogP contribution in [0.2, 0.25) is 0 Å². The number of allylic oxidation sites excluding steroid dienone is 1. The quantitative estimate of drug-likeness (QED) is 0.633. The van der Waals surface area contributed by atoms with Gasteiger partial charge in [-0.2, -0.15) is 5.26 Å². The van der Waals surface area contributed by atoms with Crippen molar-refractivity contribution in [2.45, 2.75) is 44.4 Å². The minimum Gasteiger partial charge on any atom is -0.349 e. The van der Waals surface area contributed by atoms with E-state index in [0.717, 1.165) is 17.7 Å². The normalized spacial score (nSPS) is 12.9. The Morgan fingerprint density at radius 3 is 2.07 bits per heavy atom. The number of rotatable bonds is 6. The lowest BCUT2D eigenvalue weighted by atomic mass is 9.87. The van der Waals surface area contributed by atoms with Crippen molar-refractivity contribution < 1.29 is 8.42 Å². The molecule has 0 fully saturated rings. The van der Waals surface area contributed by atoms with E-state index in [1.807, 2.05) is 30.3 Å². The summed E-state index contributed by atoms with van der Waals surface area (Å²) >= 11 is 1.20. The van der Waals surface area contributed by atoms with Gasteiger partial charge in [-0.25, -0.2) is 8.42 Å². The topological polar surface area (TPSA) is 70.0 Å². The third kappa shape index (κ3) is 4.98. The lowest BCUT2D eigenvalue weighted by molar-refractivity contribution is 0.587. The minimum atomic E-state index is -3.92. The third-order valence-corrected chi connectivity index (χ3v) is 7.00. The van der Waals surface area contributed by atoms with Crippen LogP contribution in [-0.4, -0.2) is 14.7 Å². The van der Waals surface area contributed by atoms with Gasteiger partial charge in [0.1, 0.15) is 11.1 Å². The summed E-state index contributed by atoms with van der Waals surface area (Å²) in [6.07, 6.45) is 2.67. The van der Waals surface area contributed by atoms with Crippen molar-refractivity contribution in [2.75, 3.05) is 11.6 Å². The molecule has 0 amide bonds. The minimum absolute atomic E-state index is 0.0766. The van der Waals surface area contributed by atoms with E-state index in [4.69, 9.17) is 0 Å². The van der Waals surface area contributed by atoms with Crippen LogP contribution < -0.4 is 5.32 Å². The fraction of sp³-hybridized carbons (Fsp3) is 0.318. The Labute approximate surface area is 172 Å². The second kappa shape index (κ2) is 8.85. The van der Waals surface area contributed by atoms with Crippen molar-refractivity contribution in [3.05, 3.63) is 69.6 Å². The summed E-state index contributed by atoms with van der Waals surface area (Å²) in [4.78, 5) is -0.158. The zero-order valence-corrected chi connectivity index (χ0v) is 18.5. The van der Waals surface area contributed by atoms with E-state index >= 15 is 0 Å². The molecule has 0 aliphatic heterocycles. The molecule has 148 valence electrons. The van der Waals surface area contributed by atoms with Crippen LogP contribution in [-0.2, 0) is 21.7 Å². The molecule has 0 spiro atoms. The number of anilines is 1. The average Bonchev–Trinajstić information content (AvgIpc) is 2.67. The number of nitrogens with zero attached hydrogens (tertiary/aromatic N) is 1. The van der Waals surface area contributed by atoms with E-state index in [0.29, 0.717) is 5.03 Å². The van der Waals surface area contributed by atoms with E-state index in [9.17, 15) is 13.7 Å². The van der Waals surface area contributed by atoms with Crippen molar-refractivity contribution >= 4 is 27.3 Å². The lowest BCUT2D eigenvalue weighted by Crippen LogP contribution is -2.13. The summed E-state index contributed by atoms with van der Waals surface area (Å²) < 4.78 is 26.2. The molecule has 0 aliphatic carbocycles. The molecule has 4 nitrogen and oxygen atoms in total. The predicted molar refractivity (Wildman–Crippen MR) is 118 cm³/mol. The molecule has 0 heterocycles. The van der Waals surface area contributed by atoms with E-state index in [-0.39, 0.29) is 15.2 Å². The number of nitriles is 1. The standard InChI is InChI=1S/C22H26N2O2S2/c1-6-16-7-11-18(12-8-16)24-21(27-5)20(15-23)28(25,26)19-13-9-17(10-14-19)22(2,3)4/h7-14,24H,6H2,1-5H3. The number of hydrogen-bond acceptors (Lipinski definition) is 5. The first-order valence-electron chi connectivity index (χ1n) is 9.03. The number of benzene rings is 2. The Morgan fingerprint density at radius 1 is 1.07 bits per heavy atom. The smallest absolute Gasteiger partial charge is 0.219 e. The van der Waals surface area contributed by atoms with Crippen LogP contribution >= 0.6 is 11.8 Å². The first-order chi connectivity index (χ1) is 13.1. The molecule has 0 aromatic heterocycles. The molecule has 2 aromatic carbocycles. The molecule has 2 rings (SSSR count). The SMILES string of the molecule is CCc1ccc(NC(SC)=C(C#N)S(=O)(=O)c2ccc(C(C)(C)C)cc2)cc1. The summed E-state index contributed by atoms with van der Waals surface area (Å²) in [5.41, 5.74) is 2.89. The third-order valence-electron chi connectivity index (χ3n) is 4.43. The molecular formula is C22H26N2O2S2. The van der Waals surface area contributed by atoms with Crippen LogP contribution in [0.25, 0.3) is 0 Å². The highest BCUT2D eigenvalue weighted by molar-refractivity contribution is 8.04. The van der Waals surface area contributed by atoms with Gasteiger partial charge in [0.2, 0.25) is 9.84 Å². The van der Waals surface area contributed by atoms with Gasteiger partial charge < -0.3 is 5.32 Å². The molecular weight excluding hydrogens is 388 g/mol. The average molecular weight is 415 g/mol. The summed E-state index contributed by atoms with van der Waals surface area (Å²) in [5.74, 6) is 0. The van der Waals surface area contributed by atoms with Gasteiger partial charge >= 0.3 is 0 Å². The molecule has 0 saturated carbocycles. The van der Waals surface area contributed by atoms with Crippen LogP contribution in [0.15, 0.2) is 63.4 Å². The van der Waals surface area contributed by atoms with Gasteiger partial charge in [0.05, 0.1) is 4.90 Å². The van der Waals surface area contributed by atoms with E-state index in [1.54, 1.807) is 30.5 Å². The van der Waals surface area contributed by atoms with Gasteiger partial charge in [-0.1, -0.05) is 52.0 Å². The lowest BCUT2D eigenvalue weighted by Gasteiger charge is -2.19. The number of nitrogens with one attached hydrogen (secondary N) is 1. The van der Waals surface area contributed by atoms with Gasteiger partial charge in [0.15, 0.2) is 4.91 Å². The van der Waals surface area contributed by atoms with Crippen LogP contribution in [0.5, 0.6) is 0 Å². The molecule has 0 saturated heterocycles. The van der Waals surface area contributed by atoms with Gasteiger partial charge in [0, 0.05) is 5.69 Å². The monoisotopic (exact) mass is 414 g/mol. The van der Waals surface area contributed by atoms with Crippen molar-refractivity contribution in [1.82, 2.24) is 0 Å². The van der Waals surface area contributed by atoms with Gasteiger partial charge in [0.25, 0.3) is 0 Å². The Bertz CT molecular complexity index is 992. The fourth-order valence-electron chi connectivity index (χ4n) is 2.64. The number of sulfone groups is 1. The zero-order valence-electron chi connectivity index (χ0n) is 16.9. The van der Waals surface area contributed by atoms with E-state index in [1.165, 1.54) is 17.3 Å². The molecule has 6 heteroatoms. The van der Waals surface area contributed by atoms with E-state index < -0.39 is 9.84 Å². The zero-order chi connectivity index (χ0) is 20.9. The van der Waals surface area contributed by atoms with E-state index in [2.05, 4.69) is 33.0 Å². The maximum absolute atomic E-state index is 13.1. The molecule has 0 aliphatic rings. The summed E-state index contributed by atoms with van der Waals surface area (Å²) in [6, 6.07) is 16.4. The van der Waals surface area contributed by atoms with Crippen LogP contribution in [0, 0.1) is 11.3 Å². The second-order valence-electron chi connectivity index (χ2n) is 7.43. The van der Waals surface area contributed by atoms with Crippen molar-refractivity contribution in [3.63, 3.8) is 0 Å². The second-order valence-corrected chi connectivity index (χ2v) is 10.1. The van der Waals surface area contributed by atoms with Gasteiger partial charge in [-0.15, -0.1) is 11.8 Å². The van der Waals surface area contributed by atoms with Gasteiger partial charge in [-0.3, -0.25) is 0 Å². The Kier molecular flexibility index (Phi) is 6.97. The first kappa shape index (κ1) is 22.1. The maximum atomic E-state index is 13.1. The molecule has 0 unspecified atom stereocenters. The van der Waals surface area contributed by atoms with Crippen molar-refractivity contribution in [3.8, 4) is 6.07 Å². The molecule has 28 heavy (non-hydrogen) atoms. The highest BCUT2D eigenvalue weighted by atomic mass is 32.2. The number of aryl methyl sites for hydroxylation is 1. The number of thioether (sulfide) groups is 1. The van der Waals surface area contributed by atoms with Crippen LogP contribution in [0.1, 0.15) is 38.8 Å². The summed E-state index contributed by atoms with van der Waals surface area (Å²) in [6.45, 7) is 8.27. The molecule has 1 N–H and O–H groups in total. The summed E-state index contributed by atoms with van der Waals surface area (Å²) in [7, 11) is -3.92. The molecule has 0 atom stereocenters. The molecule has 0 radical (unpaired) electrons. The molecule has 0 bridgehead atoms. The van der Waals surface area contributed by atoms with Crippen LogP contribution in [0.3, 0.4) is 0 Å². The predicted octanol–water partition coefficient (Wildman–Crippen LogP) is 5.49. The first-order valence-corrected chi connectivity index (χ1v) is 11.7. The highest BCUT2D eigenvalue weighted by Crippen LogP contribution is 2.30. The Balaban J connectivity index is 2.44. The van der Waals surface area contributed by atoms with Crippen molar-refractivity contribution in [2.24, 2.45) is 0 Å². The van der Waals surface area contributed by atoms with Gasteiger partial charge in [-0.05, 0) is 53.5 Å². The Morgan fingerprint density at radius 2 is 1.64 bits per heavy atom. The Hall–Kier alpha value is -2.23.